The van der Waals surface area contributed by atoms with Crippen LogP contribution in [-0.2, 0) is 20.7 Å². The third kappa shape index (κ3) is 7.55. The molecule has 0 fully saturated rings. The zero-order valence-corrected chi connectivity index (χ0v) is 15.9. The Kier molecular flexibility index (Phi) is 7.61. The molecule has 144 valence electrons. The summed E-state index contributed by atoms with van der Waals surface area (Å²) in [5, 5.41) is 14.4. The lowest BCUT2D eigenvalue weighted by atomic mass is 10.0. The van der Waals surface area contributed by atoms with E-state index in [0.29, 0.717) is 0 Å². The number of ether oxygens (including phenoxy) is 1. The highest BCUT2D eigenvalue weighted by atomic mass is 16.6. The number of nitrogens with one attached hydrogen (secondary N) is 2. The minimum Gasteiger partial charge on any atom is -0.480 e. The van der Waals surface area contributed by atoms with Gasteiger partial charge in [0.2, 0.25) is 5.91 Å². The number of carboxylic acids is 1. The zero-order chi connectivity index (χ0) is 19.9. The molecule has 0 spiro atoms. The maximum atomic E-state index is 12.5. The van der Waals surface area contributed by atoms with E-state index in [9.17, 15) is 19.5 Å². The summed E-state index contributed by atoms with van der Waals surface area (Å²) in [5.41, 5.74) is 0.0975. The van der Waals surface area contributed by atoms with E-state index < -0.39 is 35.7 Å². The summed E-state index contributed by atoms with van der Waals surface area (Å²) in [6, 6.07) is 7.03. The van der Waals surface area contributed by atoms with Crippen molar-refractivity contribution in [3.63, 3.8) is 0 Å². The van der Waals surface area contributed by atoms with Gasteiger partial charge < -0.3 is 20.5 Å². The van der Waals surface area contributed by atoms with E-state index in [1.54, 1.807) is 58.9 Å². The second kappa shape index (κ2) is 9.22. The van der Waals surface area contributed by atoms with Crippen LogP contribution in [0.4, 0.5) is 4.79 Å². The quantitative estimate of drug-likeness (QED) is 0.689. The van der Waals surface area contributed by atoms with Gasteiger partial charge in [0.05, 0.1) is 0 Å². The van der Waals surface area contributed by atoms with Gasteiger partial charge in [-0.3, -0.25) is 4.79 Å². The lowest BCUT2D eigenvalue weighted by Crippen LogP contribution is -2.54. The number of alkyl carbamates (subject to hydrolysis) is 1. The average molecular weight is 364 g/mol. The molecule has 0 saturated carbocycles. The molecule has 3 N–H and O–H groups in total. The third-order valence-electron chi connectivity index (χ3n) is 3.52. The molecular formula is C19H28N2O5. The van der Waals surface area contributed by atoms with Crippen molar-refractivity contribution in [2.45, 2.75) is 58.7 Å². The molecule has 0 aromatic heterocycles. The molecule has 7 heteroatoms. The van der Waals surface area contributed by atoms with E-state index >= 15 is 0 Å². The molecule has 0 bridgehead atoms. The molecule has 2 unspecified atom stereocenters. The van der Waals surface area contributed by atoms with Crippen molar-refractivity contribution in [1.29, 1.82) is 0 Å². The Morgan fingerprint density at radius 3 is 2.12 bits per heavy atom. The van der Waals surface area contributed by atoms with E-state index in [2.05, 4.69) is 10.6 Å². The summed E-state index contributed by atoms with van der Waals surface area (Å²) in [7, 11) is 0. The maximum Gasteiger partial charge on any atom is 0.408 e. The smallest absolute Gasteiger partial charge is 0.408 e. The van der Waals surface area contributed by atoms with Crippen molar-refractivity contribution in [3.8, 4) is 0 Å². The topological polar surface area (TPSA) is 105 Å². The number of carboxylic acid groups (broad SMARTS) is 1. The first-order valence-electron chi connectivity index (χ1n) is 8.56. The van der Waals surface area contributed by atoms with E-state index in [4.69, 9.17) is 4.74 Å². The van der Waals surface area contributed by atoms with E-state index in [1.807, 2.05) is 6.07 Å². The zero-order valence-electron chi connectivity index (χ0n) is 15.9. The van der Waals surface area contributed by atoms with Gasteiger partial charge in [0.1, 0.15) is 17.7 Å². The van der Waals surface area contributed by atoms with Gasteiger partial charge in [-0.1, -0.05) is 44.2 Å². The molecule has 0 heterocycles. The number of hydrogen-bond acceptors (Lipinski definition) is 4. The number of carbonyl (C=O) groups excluding carboxylic acids is 2. The van der Waals surface area contributed by atoms with E-state index in [1.165, 1.54) is 0 Å². The second-order valence-corrected chi connectivity index (χ2v) is 7.46. The van der Waals surface area contributed by atoms with Crippen molar-refractivity contribution < 1.29 is 24.2 Å². The second-order valence-electron chi connectivity index (χ2n) is 7.46. The molecule has 1 aromatic rings. The molecule has 1 aromatic carbocycles. The molecule has 0 saturated heterocycles. The fraction of sp³-hybridized carbons (Fsp3) is 0.526. The number of aliphatic carboxylic acids is 1. The average Bonchev–Trinajstić information content (AvgIpc) is 2.50. The molecule has 1 rings (SSSR count). The highest BCUT2D eigenvalue weighted by molar-refractivity contribution is 5.89. The molecule has 0 aliphatic heterocycles. The lowest BCUT2D eigenvalue weighted by molar-refractivity contribution is -0.142. The first-order chi connectivity index (χ1) is 12.0. The first-order valence-corrected chi connectivity index (χ1v) is 8.56. The summed E-state index contributed by atoms with van der Waals surface area (Å²) in [5.74, 6) is -1.94. The molecule has 0 aliphatic carbocycles. The summed E-state index contributed by atoms with van der Waals surface area (Å²) in [6.45, 7) is 8.68. The van der Waals surface area contributed by atoms with Crippen molar-refractivity contribution in [3.05, 3.63) is 35.9 Å². The monoisotopic (exact) mass is 364 g/mol. The summed E-state index contributed by atoms with van der Waals surface area (Å²) >= 11 is 0. The standard InChI is InChI=1S/C19H28N2O5/c1-12(2)15(21-18(25)26-19(3,4)5)16(22)20-14(17(23)24)11-13-9-7-6-8-10-13/h6-10,12,14-15H,11H2,1-5H3,(H,20,22)(H,21,25)(H,23,24). The van der Waals surface area contributed by atoms with Crippen LogP contribution in [0.2, 0.25) is 0 Å². The van der Waals surface area contributed by atoms with Gasteiger partial charge in [0.25, 0.3) is 0 Å². The van der Waals surface area contributed by atoms with Crippen LogP contribution in [0.1, 0.15) is 40.2 Å². The fourth-order valence-corrected chi connectivity index (χ4v) is 2.28. The minimum absolute atomic E-state index is 0.152. The number of carbonyl (C=O) groups is 3. The van der Waals surface area contributed by atoms with E-state index in [-0.39, 0.29) is 12.3 Å². The SMILES string of the molecule is CC(C)C(NC(=O)OC(C)(C)C)C(=O)NC(Cc1ccccc1)C(=O)O. The number of rotatable bonds is 7. The minimum atomic E-state index is -1.14. The van der Waals surface area contributed by atoms with Crippen molar-refractivity contribution in [2.24, 2.45) is 5.92 Å². The molecule has 0 radical (unpaired) electrons. The Bertz CT molecular complexity index is 623. The number of hydrogen-bond donors (Lipinski definition) is 3. The third-order valence-corrected chi connectivity index (χ3v) is 3.52. The number of amides is 2. The molecule has 0 aliphatic rings. The van der Waals surface area contributed by atoms with Gasteiger partial charge in [-0.15, -0.1) is 0 Å². The molecular weight excluding hydrogens is 336 g/mol. The van der Waals surface area contributed by atoms with Crippen molar-refractivity contribution in [2.75, 3.05) is 0 Å². The van der Waals surface area contributed by atoms with Crippen molar-refractivity contribution in [1.82, 2.24) is 10.6 Å². The molecule has 2 amide bonds. The normalized spacial score (nSPS) is 13.6. The Labute approximate surface area is 154 Å². The highest BCUT2D eigenvalue weighted by Crippen LogP contribution is 2.10. The van der Waals surface area contributed by atoms with Crippen LogP contribution in [0.25, 0.3) is 0 Å². The molecule has 26 heavy (non-hydrogen) atoms. The van der Waals surface area contributed by atoms with Crippen LogP contribution >= 0.6 is 0 Å². The van der Waals surface area contributed by atoms with Crippen LogP contribution in [0.3, 0.4) is 0 Å². The first kappa shape index (κ1) is 21.5. The van der Waals surface area contributed by atoms with Crippen LogP contribution in [0.15, 0.2) is 30.3 Å². The summed E-state index contributed by atoms with van der Waals surface area (Å²) in [4.78, 5) is 36.0. The largest absolute Gasteiger partial charge is 0.480 e. The van der Waals surface area contributed by atoms with Gasteiger partial charge in [-0.05, 0) is 32.3 Å². The van der Waals surface area contributed by atoms with Crippen LogP contribution < -0.4 is 10.6 Å². The Morgan fingerprint density at radius 2 is 1.65 bits per heavy atom. The van der Waals surface area contributed by atoms with E-state index in [0.717, 1.165) is 5.56 Å². The predicted octanol–water partition coefficient (Wildman–Crippen LogP) is 2.35. The van der Waals surface area contributed by atoms with Gasteiger partial charge >= 0.3 is 12.1 Å². The van der Waals surface area contributed by atoms with Crippen molar-refractivity contribution >= 4 is 18.0 Å². The number of benzene rings is 1. The summed E-state index contributed by atoms with van der Waals surface area (Å²) in [6.07, 6.45) is -0.569. The summed E-state index contributed by atoms with van der Waals surface area (Å²) < 4.78 is 5.17. The lowest BCUT2D eigenvalue weighted by Gasteiger charge is -2.26. The van der Waals surface area contributed by atoms with Gasteiger partial charge in [0.15, 0.2) is 0 Å². The van der Waals surface area contributed by atoms with Gasteiger partial charge in [-0.2, -0.15) is 0 Å². The Morgan fingerprint density at radius 1 is 1.08 bits per heavy atom. The maximum absolute atomic E-state index is 12.5. The molecule has 2 atom stereocenters. The van der Waals surface area contributed by atoms with Gasteiger partial charge in [0, 0.05) is 6.42 Å². The Hall–Kier alpha value is -2.57. The predicted molar refractivity (Wildman–Crippen MR) is 97.7 cm³/mol. The fourth-order valence-electron chi connectivity index (χ4n) is 2.28. The van der Waals surface area contributed by atoms with Crippen LogP contribution in [0.5, 0.6) is 0 Å². The van der Waals surface area contributed by atoms with Crippen LogP contribution in [-0.4, -0.2) is 40.8 Å². The highest BCUT2D eigenvalue weighted by Gasteiger charge is 2.30. The van der Waals surface area contributed by atoms with Crippen LogP contribution in [0, 0.1) is 5.92 Å². The Balaban J connectivity index is 2.80. The molecule has 7 nitrogen and oxygen atoms in total. The van der Waals surface area contributed by atoms with Gasteiger partial charge in [-0.25, -0.2) is 9.59 Å².